The van der Waals surface area contributed by atoms with Crippen molar-refractivity contribution in [2.24, 2.45) is 0 Å². The molecule has 21 heavy (non-hydrogen) atoms. The van der Waals surface area contributed by atoms with Crippen LogP contribution in [0.4, 0.5) is 0 Å². The lowest BCUT2D eigenvalue weighted by Gasteiger charge is -2.18. The summed E-state index contributed by atoms with van der Waals surface area (Å²) in [4.78, 5) is 0. The summed E-state index contributed by atoms with van der Waals surface area (Å²) in [6.45, 7) is 2.10. The maximum atomic E-state index is 9.97. The summed E-state index contributed by atoms with van der Waals surface area (Å²) in [5.41, 5.74) is 4.05. The Morgan fingerprint density at radius 3 is 2.81 bits per heavy atom. The summed E-state index contributed by atoms with van der Waals surface area (Å²) in [5.74, 6) is 0.208. The molecule has 0 radical (unpaired) electrons. The summed E-state index contributed by atoms with van der Waals surface area (Å²) in [5, 5.41) is 19.2. The highest BCUT2D eigenvalue weighted by Crippen LogP contribution is 2.43. The van der Waals surface area contributed by atoms with Crippen molar-refractivity contribution >= 4 is 5.57 Å². The van der Waals surface area contributed by atoms with Gasteiger partial charge in [-0.1, -0.05) is 43.7 Å². The number of hydrogen-bond acceptors (Lipinski definition) is 3. The Kier molecular flexibility index (Phi) is 4.43. The summed E-state index contributed by atoms with van der Waals surface area (Å²) in [7, 11) is 0. The van der Waals surface area contributed by atoms with Gasteiger partial charge in [-0.2, -0.15) is 0 Å². The average Bonchev–Trinajstić information content (AvgIpc) is 3.05. The monoisotopic (exact) mass is 288 g/mol. The zero-order chi connectivity index (χ0) is 14.8. The van der Waals surface area contributed by atoms with E-state index in [1.807, 2.05) is 0 Å². The minimum absolute atomic E-state index is 0.0302. The Labute approximate surface area is 126 Å². The highest BCUT2D eigenvalue weighted by atomic mass is 16.5. The summed E-state index contributed by atoms with van der Waals surface area (Å²) in [6, 6.07) is 8.50. The number of aliphatic hydroxyl groups is 2. The highest BCUT2D eigenvalue weighted by Gasteiger charge is 2.40. The third-order valence-corrected chi connectivity index (χ3v) is 4.68. The number of allylic oxidation sites excluding steroid dienone is 1. The number of fused-ring (bicyclic) bond motifs is 1. The van der Waals surface area contributed by atoms with Gasteiger partial charge in [0.05, 0.1) is 18.8 Å². The SMILES string of the molecule is CCCCC1=CC(C2CC(O)C(CO)O2)c2ccccc21. The molecule has 1 aliphatic carbocycles. The molecule has 3 heteroatoms. The molecule has 0 spiro atoms. The number of benzene rings is 1. The first-order valence-corrected chi connectivity index (χ1v) is 7.99. The lowest BCUT2D eigenvalue weighted by Crippen LogP contribution is -2.24. The van der Waals surface area contributed by atoms with E-state index in [1.165, 1.54) is 29.5 Å². The molecule has 4 unspecified atom stereocenters. The van der Waals surface area contributed by atoms with Crippen LogP contribution < -0.4 is 0 Å². The first-order valence-electron chi connectivity index (χ1n) is 7.99. The second-order valence-corrected chi connectivity index (χ2v) is 6.11. The normalized spacial score (nSPS) is 31.3. The molecule has 0 saturated carbocycles. The largest absolute Gasteiger partial charge is 0.394 e. The van der Waals surface area contributed by atoms with Crippen molar-refractivity contribution in [2.45, 2.75) is 56.8 Å². The topological polar surface area (TPSA) is 49.7 Å². The van der Waals surface area contributed by atoms with Gasteiger partial charge in [-0.3, -0.25) is 0 Å². The number of unbranched alkanes of at least 4 members (excludes halogenated alkanes) is 1. The van der Waals surface area contributed by atoms with E-state index in [2.05, 4.69) is 37.3 Å². The average molecular weight is 288 g/mol. The van der Waals surface area contributed by atoms with E-state index in [1.54, 1.807) is 0 Å². The van der Waals surface area contributed by atoms with Gasteiger partial charge in [0.1, 0.15) is 6.10 Å². The van der Waals surface area contributed by atoms with Crippen LogP contribution >= 0.6 is 0 Å². The molecular weight excluding hydrogens is 264 g/mol. The summed E-state index contributed by atoms with van der Waals surface area (Å²) >= 11 is 0. The van der Waals surface area contributed by atoms with Crippen molar-refractivity contribution in [2.75, 3.05) is 6.61 Å². The van der Waals surface area contributed by atoms with E-state index >= 15 is 0 Å². The maximum absolute atomic E-state index is 9.97. The lowest BCUT2D eigenvalue weighted by molar-refractivity contribution is -0.0249. The second-order valence-electron chi connectivity index (χ2n) is 6.11. The third kappa shape index (κ3) is 2.78. The van der Waals surface area contributed by atoms with Crippen LogP contribution in [0.3, 0.4) is 0 Å². The Hall–Kier alpha value is -1.16. The van der Waals surface area contributed by atoms with Gasteiger partial charge in [-0.05, 0) is 29.5 Å². The molecule has 3 nitrogen and oxygen atoms in total. The number of rotatable bonds is 5. The number of hydrogen-bond donors (Lipinski definition) is 2. The number of ether oxygens (including phenoxy) is 1. The van der Waals surface area contributed by atoms with E-state index in [-0.39, 0.29) is 18.6 Å². The molecule has 3 rings (SSSR count). The van der Waals surface area contributed by atoms with Gasteiger partial charge in [0.15, 0.2) is 0 Å². The second kappa shape index (κ2) is 6.30. The molecule has 114 valence electrons. The Balaban J connectivity index is 1.84. The van der Waals surface area contributed by atoms with Gasteiger partial charge >= 0.3 is 0 Å². The minimum Gasteiger partial charge on any atom is -0.394 e. The lowest BCUT2D eigenvalue weighted by atomic mass is 9.93. The first kappa shape index (κ1) is 14.8. The van der Waals surface area contributed by atoms with Gasteiger partial charge in [0, 0.05) is 12.3 Å². The van der Waals surface area contributed by atoms with Crippen LogP contribution in [0.2, 0.25) is 0 Å². The number of aliphatic hydroxyl groups excluding tert-OH is 2. The molecule has 1 saturated heterocycles. The van der Waals surface area contributed by atoms with Crippen LogP contribution in [0.5, 0.6) is 0 Å². The van der Waals surface area contributed by atoms with E-state index < -0.39 is 12.2 Å². The summed E-state index contributed by atoms with van der Waals surface area (Å²) < 4.78 is 5.87. The Bertz CT molecular complexity index is 523. The van der Waals surface area contributed by atoms with Crippen molar-refractivity contribution < 1.29 is 14.9 Å². The third-order valence-electron chi connectivity index (χ3n) is 4.68. The zero-order valence-electron chi connectivity index (χ0n) is 12.5. The van der Waals surface area contributed by atoms with E-state index in [0.717, 1.165) is 6.42 Å². The minimum atomic E-state index is -0.555. The Morgan fingerprint density at radius 1 is 1.29 bits per heavy atom. The van der Waals surface area contributed by atoms with Crippen LogP contribution in [-0.2, 0) is 4.74 Å². The molecule has 4 atom stereocenters. The molecule has 0 amide bonds. The molecule has 2 N–H and O–H groups in total. The van der Waals surface area contributed by atoms with Crippen LogP contribution in [0.1, 0.15) is 49.7 Å². The predicted octanol–water partition coefficient (Wildman–Crippen LogP) is 2.87. The van der Waals surface area contributed by atoms with Crippen LogP contribution in [-0.4, -0.2) is 35.1 Å². The van der Waals surface area contributed by atoms with Gasteiger partial charge < -0.3 is 14.9 Å². The quantitative estimate of drug-likeness (QED) is 0.876. The van der Waals surface area contributed by atoms with Gasteiger partial charge in [-0.25, -0.2) is 0 Å². The molecule has 0 aromatic heterocycles. The first-order chi connectivity index (χ1) is 10.2. The van der Waals surface area contributed by atoms with Crippen LogP contribution in [0.25, 0.3) is 5.57 Å². The van der Waals surface area contributed by atoms with Crippen molar-refractivity contribution in [1.29, 1.82) is 0 Å². The van der Waals surface area contributed by atoms with Crippen molar-refractivity contribution in [3.63, 3.8) is 0 Å². The van der Waals surface area contributed by atoms with Gasteiger partial charge in [-0.15, -0.1) is 0 Å². The van der Waals surface area contributed by atoms with E-state index in [0.29, 0.717) is 6.42 Å². The molecule has 0 bridgehead atoms. The van der Waals surface area contributed by atoms with Crippen LogP contribution in [0, 0.1) is 0 Å². The van der Waals surface area contributed by atoms with Crippen LogP contribution in [0.15, 0.2) is 30.3 Å². The van der Waals surface area contributed by atoms with Crippen molar-refractivity contribution in [3.05, 3.63) is 41.5 Å². The van der Waals surface area contributed by atoms with Crippen molar-refractivity contribution in [1.82, 2.24) is 0 Å². The smallest absolute Gasteiger partial charge is 0.107 e. The fourth-order valence-corrected chi connectivity index (χ4v) is 3.53. The van der Waals surface area contributed by atoms with Gasteiger partial charge in [0.2, 0.25) is 0 Å². The molecule has 1 aliphatic heterocycles. The molecule has 1 fully saturated rings. The summed E-state index contributed by atoms with van der Waals surface area (Å²) in [6.07, 6.45) is 5.38. The molecule has 1 aromatic carbocycles. The fraction of sp³-hybridized carbons (Fsp3) is 0.556. The maximum Gasteiger partial charge on any atom is 0.107 e. The molecule has 1 heterocycles. The van der Waals surface area contributed by atoms with Crippen molar-refractivity contribution in [3.8, 4) is 0 Å². The van der Waals surface area contributed by atoms with E-state index in [4.69, 9.17) is 4.74 Å². The molecular formula is C18H24O3. The highest BCUT2D eigenvalue weighted by molar-refractivity contribution is 5.75. The zero-order valence-corrected chi connectivity index (χ0v) is 12.5. The fourth-order valence-electron chi connectivity index (χ4n) is 3.53. The standard InChI is InChI=1S/C18H24O3/c1-2-3-6-12-9-15(14-8-5-4-7-13(12)14)17-10-16(20)18(11-19)21-17/h4-5,7-9,15-20H,2-3,6,10-11H2,1H3. The van der Waals surface area contributed by atoms with Gasteiger partial charge in [0.25, 0.3) is 0 Å². The molecule has 1 aromatic rings. The predicted molar refractivity (Wildman–Crippen MR) is 83.1 cm³/mol. The van der Waals surface area contributed by atoms with E-state index in [9.17, 15) is 10.2 Å². The molecule has 2 aliphatic rings. The Morgan fingerprint density at radius 2 is 2.10 bits per heavy atom.